The molecule has 1 aromatic carbocycles. The molecule has 1 N–H and O–H groups in total. The van der Waals surface area contributed by atoms with Crippen molar-refractivity contribution in [3.05, 3.63) is 35.6 Å². The van der Waals surface area contributed by atoms with Gasteiger partial charge in [0.15, 0.2) is 0 Å². The van der Waals surface area contributed by atoms with Crippen molar-refractivity contribution >= 4 is 12.1 Å². The van der Waals surface area contributed by atoms with Gasteiger partial charge in [-0.25, -0.2) is 9.18 Å². The molecule has 0 fully saturated rings. The number of amides is 1. The number of hydrogen-bond acceptors (Lipinski definition) is 4. The zero-order valence-corrected chi connectivity index (χ0v) is 14.0. The Morgan fingerprint density at radius 3 is 2.26 bits per heavy atom. The summed E-state index contributed by atoms with van der Waals surface area (Å²) < 4.78 is 22.9. The van der Waals surface area contributed by atoms with E-state index >= 15 is 0 Å². The largest absolute Gasteiger partial charge is 0.425 e. The second kappa shape index (κ2) is 9.12. The highest BCUT2D eigenvalue weighted by Gasteiger charge is 2.17. The smallest absolute Gasteiger partial charge is 0.410 e. The molecule has 1 amide bonds. The third-order valence-electron chi connectivity index (χ3n) is 3.35. The van der Waals surface area contributed by atoms with Crippen LogP contribution in [-0.2, 0) is 14.3 Å². The SMILES string of the molecule is CC[C@@H](CNC(=O)O[C@H](C)OC(=O)C(C)C)c1ccc(F)cc1. The van der Waals surface area contributed by atoms with E-state index in [9.17, 15) is 14.0 Å². The number of ether oxygens (including phenoxy) is 2. The zero-order valence-electron chi connectivity index (χ0n) is 14.0. The lowest BCUT2D eigenvalue weighted by molar-refractivity contribution is -0.168. The van der Waals surface area contributed by atoms with Gasteiger partial charge in [-0.2, -0.15) is 0 Å². The summed E-state index contributed by atoms with van der Waals surface area (Å²) in [4.78, 5) is 23.1. The molecule has 0 radical (unpaired) electrons. The van der Waals surface area contributed by atoms with E-state index in [4.69, 9.17) is 9.47 Å². The maximum Gasteiger partial charge on any atom is 0.410 e. The molecule has 0 aliphatic rings. The van der Waals surface area contributed by atoms with Crippen LogP contribution in [0.25, 0.3) is 0 Å². The third kappa shape index (κ3) is 6.67. The van der Waals surface area contributed by atoms with Crippen molar-refractivity contribution in [2.45, 2.75) is 46.3 Å². The minimum Gasteiger partial charge on any atom is -0.425 e. The molecule has 0 heterocycles. The van der Waals surface area contributed by atoms with E-state index in [0.717, 1.165) is 12.0 Å². The van der Waals surface area contributed by atoms with Crippen molar-refractivity contribution < 1.29 is 23.5 Å². The third-order valence-corrected chi connectivity index (χ3v) is 3.35. The second-order valence-corrected chi connectivity index (χ2v) is 5.60. The monoisotopic (exact) mass is 325 g/mol. The van der Waals surface area contributed by atoms with E-state index in [1.165, 1.54) is 19.1 Å². The molecule has 0 aliphatic carbocycles. The highest BCUT2D eigenvalue weighted by molar-refractivity contribution is 5.72. The van der Waals surface area contributed by atoms with Crippen LogP contribution in [-0.4, -0.2) is 24.9 Å². The van der Waals surface area contributed by atoms with Crippen LogP contribution in [0.5, 0.6) is 0 Å². The summed E-state index contributed by atoms with van der Waals surface area (Å²) in [5.41, 5.74) is 0.938. The Kier molecular flexibility index (Phi) is 7.51. The minimum absolute atomic E-state index is 0.0525. The average molecular weight is 325 g/mol. The number of esters is 1. The van der Waals surface area contributed by atoms with Crippen molar-refractivity contribution in [2.75, 3.05) is 6.54 Å². The maximum absolute atomic E-state index is 12.9. The summed E-state index contributed by atoms with van der Waals surface area (Å²) in [5, 5.41) is 2.63. The van der Waals surface area contributed by atoms with Gasteiger partial charge in [0.25, 0.3) is 0 Å². The molecule has 1 aromatic rings. The fraction of sp³-hybridized carbons (Fsp3) is 0.529. The maximum atomic E-state index is 12.9. The van der Waals surface area contributed by atoms with Crippen LogP contribution >= 0.6 is 0 Å². The van der Waals surface area contributed by atoms with Crippen LogP contribution in [0.4, 0.5) is 9.18 Å². The first-order valence-corrected chi connectivity index (χ1v) is 7.73. The Bertz CT molecular complexity index is 516. The molecule has 0 saturated heterocycles. The number of carbonyl (C=O) groups excluding carboxylic acids is 2. The zero-order chi connectivity index (χ0) is 17.4. The molecule has 5 nitrogen and oxygen atoms in total. The van der Waals surface area contributed by atoms with Crippen molar-refractivity contribution in [3.8, 4) is 0 Å². The molecule has 23 heavy (non-hydrogen) atoms. The molecule has 2 atom stereocenters. The highest BCUT2D eigenvalue weighted by Crippen LogP contribution is 2.19. The number of nitrogens with one attached hydrogen (secondary N) is 1. The van der Waals surface area contributed by atoms with Gasteiger partial charge in [-0.1, -0.05) is 32.9 Å². The van der Waals surface area contributed by atoms with Crippen LogP contribution in [0.15, 0.2) is 24.3 Å². The molecule has 0 unspecified atom stereocenters. The average Bonchev–Trinajstić information content (AvgIpc) is 2.49. The van der Waals surface area contributed by atoms with Gasteiger partial charge in [-0.3, -0.25) is 4.79 Å². The molecule has 0 spiro atoms. The van der Waals surface area contributed by atoms with Crippen LogP contribution in [0.3, 0.4) is 0 Å². The topological polar surface area (TPSA) is 64.6 Å². The fourth-order valence-corrected chi connectivity index (χ4v) is 1.96. The van der Waals surface area contributed by atoms with Gasteiger partial charge < -0.3 is 14.8 Å². The predicted molar refractivity (Wildman–Crippen MR) is 84.3 cm³/mol. The van der Waals surface area contributed by atoms with Crippen molar-refractivity contribution in [1.82, 2.24) is 5.32 Å². The van der Waals surface area contributed by atoms with E-state index in [1.54, 1.807) is 26.0 Å². The second-order valence-electron chi connectivity index (χ2n) is 5.60. The Morgan fingerprint density at radius 2 is 1.74 bits per heavy atom. The van der Waals surface area contributed by atoms with Gasteiger partial charge >= 0.3 is 12.1 Å². The fourth-order valence-electron chi connectivity index (χ4n) is 1.96. The summed E-state index contributed by atoms with van der Waals surface area (Å²) in [6.45, 7) is 7.21. The predicted octanol–water partition coefficient (Wildman–Crippen LogP) is 3.59. The van der Waals surface area contributed by atoms with Crippen LogP contribution in [0.2, 0.25) is 0 Å². The summed E-state index contributed by atoms with van der Waals surface area (Å²) in [5.74, 6) is -0.955. The Morgan fingerprint density at radius 1 is 1.13 bits per heavy atom. The molecular formula is C17H24FNO4. The number of rotatable bonds is 7. The lowest BCUT2D eigenvalue weighted by Gasteiger charge is -2.18. The van der Waals surface area contributed by atoms with Gasteiger partial charge in [0, 0.05) is 19.4 Å². The van der Waals surface area contributed by atoms with Gasteiger partial charge in [-0.05, 0) is 24.1 Å². The van der Waals surface area contributed by atoms with Gasteiger partial charge in [0.2, 0.25) is 6.29 Å². The molecular weight excluding hydrogens is 301 g/mol. The molecule has 0 saturated carbocycles. The summed E-state index contributed by atoms with van der Waals surface area (Å²) >= 11 is 0. The van der Waals surface area contributed by atoms with Gasteiger partial charge in [-0.15, -0.1) is 0 Å². The first kappa shape index (κ1) is 18.9. The lowest BCUT2D eigenvalue weighted by atomic mass is 9.96. The Hall–Kier alpha value is -2.11. The molecule has 1 rings (SSSR count). The molecule has 128 valence electrons. The summed E-state index contributed by atoms with van der Waals surface area (Å²) in [6, 6.07) is 6.18. The Balaban J connectivity index is 2.44. The molecule has 0 aliphatic heterocycles. The first-order valence-electron chi connectivity index (χ1n) is 7.73. The van der Waals surface area contributed by atoms with Crippen molar-refractivity contribution in [2.24, 2.45) is 5.92 Å². The first-order chi connectivity index (χ1) is 10.8. The van der Waals surface area contributed by atoms with E-state index in [-0.39, 0.29) is 17.7 Å². The number of halogens is 1. The van der Waals surface area contributed by atoms with E-state index < -0.39 is 18.4 Å². The summed E-state index contributed by atoms with van der Waals surface area (Å²) in [6.07, 6.45) is -0.825. The summed E-state index contributed by atoms with van der Waals surface area (Å²) in [7, 11) is 0. The van der Waals surface area contributed by atoms with Crippen LogP contribution in [0, 0.1) is 11.7 Å². The Labute approximate surface area is 136 Å². The van der Waals surface area contributed by atoms with Gasteiger partial charge in [0.05, 0.1) is 5.92 Å². The van der Waals surface area contributed by atoms with E-state index in [2.05, 4.69) is 5.32 Å². The van der Waals surface area contributed by atoms with Crippen LogP contribution < -0.4 is 5.32 Å². The van der Waals surface area contributed by atoms with Gasteiger partial charge in [0.1, 0.15) is 5.82 Å². The number of benzene rings is 1. The van der Waals surface area contributed by atoms with Crippen molar-refractivity contribution in [1.29, 1.82) is 0 Å². The minimum atomic E-state index is -0.948. The van der Waals surface area contributed by atoms with Crippen molar-refractivity contribution in [3.63, 3.8) is 0 Å². The quantitative estimate of drug-likeness (QED) is 0.614. The highest BCUT2D eigenvalue weighted by atomic mass is 19.1. The molecule has 0 aromatic heterocycles. The van der Waals surface area contributed by atoms with E-state index in [1.807, 2.05) is 6.92 Å². The number of alkyl carbamates (subject to hydrolysis) is 1. The number of hydrogen-bond donors (Lipinski definition) is 1. The molecule has 0 bridgehead atoms. The molecule has 6 heteroatoms. The lowest BCUT2D eigenvalue weighted by Crippen LogP contribution is -2.33. The standard InChI is InChI=1S/C17H24FNO4/c1-5-13(14-6-8-15(18)9-7-14)10-19-17(21)23-12(4)22-16(20)11(2)3/h6-9,11-13H,5,10H2,1-4H3,(H,19,21)/t12-,13+/m1/s1. The normalized spacial score (nSPS) is 13.3. The number of carbonyl (C=O) groups is 2. The van der Waals surface area contributed by atoms with Crippen LogP contribution in [0.1, 0.15) is 45.6 Å². The van der Waals surface area contributed by atoms with E-state index in [0.29, 0.717) is 6.54 Å².